The number of alkyl halides is 3. The molecule has 12 heteroatoms. The molecule has 1 atom stereocenters. The van der Waals surface area contributed by atoms with Crippen molar-refractivity contribution in [2.24, 2.45) is 0 Å². The van der Waals surface area contributed by atoms with E-state index in [1.807, 2.05) is 68.4 Å². The van der Waals surface area contributed by atoms with E-state index in [0.29, 0.717) is 0 Å². The second-order valence-corrected chi connectivity index (χ2v) is 13.3. The van der Waals surface area contributed by atoms with E-state index in [2.05, 4.69) is 21.2 Å². The van der Waals surface area contributed by atoms with Crippen LogP contribution in [0.4, 0.5) is 18.9 Å². The molecule has 0 aliphatic rings. The molecule has 232 valence electrons. The van der Waals surface area contributed by atoms with Crippen molar-refractivity contribution in [3.05, 3.63) is 100 Å². The summed E-state index contributed by atoms with van der Waals surface area (Å²) in [5.74, 6) is -0.716. The Bertz CT molecular complexity index is 1480. The maximum absolute atomic E-state index is 13.8. The molecule has 0 heterocycles. The van der Waals surface area contributed by atoms with Crippen molar-refractivity contribution in [3.8, 4) is 0 Å². The number of hydrogen-bond donors (Lipinski definition) is 1. The Morgan fingerprint density at radius 2 is 1.58 bits per heavy atom. The van der Waals surface area contributed by atoms with E-state index in [1.54, 1.807) is 0 Å². The fourth-order valence-electron chi connectivity index (χ4n) is 4.56. The highest BCUT2D eigenvalue weighted by atomic mass is 79.9. The SMILES string of the molecule is CC(C)NC(=O)C(Cc1ccccc1)N(Cc1ccc(Br)cc1)C(=O)CCCN(c1cccc(C(F)(F)F)c1)S(C)(=O)=O. The minimum Gasteiger partial charge on any atom is -0.352 e. The number of halogens is 4. The number of carbonyl (C=O) groups excluding carboxylic acids is 2. The fraction of sp³-hybridized carbons (Fsp3) is 0.355. The molecule has 3 aromatic rings. The molecule has 0 aliphatic heterocycles. The first-order chi connectivity index (χ1) is 20.1. The lowest BCUT2D eigenvalue weighted by molar-refractivity contribution is -0.141. The summed E-state index contributed by atoms with van der Waals surface area (Å²) in [6.45, 7) is 3.55. The number of rotatable bonds is 13. The van der Waals surface area contributed by atoms with E-state index in [0.717, 1.165) is 44.4 Å². The molecule has 0 radical (unpaired) electrons. The van der Waals surface area contributed by atoms with Crippen LogP contribution < -0.4 is 9.62 Å². The van der Waals surface area contributed by atoms with Crippen molar-refractivity contribution in [2.45, 2.75) is 57.9 Å². The van der Waals surface area contributed by atoms with Crippen molar-refractivity contribution < 1.29 is 31.2 Å². The van der Waals surface area contributed by atoms with Crippen LogP contribution in [0.5, 0.6) is 0 Å². The largest absolute Gasteiger partial charge is 0.416 e. The number of amides is 2. The summed E-state index contributed by atoms with van der Waals surface area (Å²) in [4.78, 5) is 28.8. The van der Waals surface area contributed by atoms with Crippen LogP contribution in [-0.2, 0) is 38.8 Å². The molecule has 3 aromatic carbocycles. The quantitative estimate of drug-likeness (QED) is 0.234. The van der Waals surface area contributed by atoms with E-state index in [4.69, 9.17) is 0 Å². The molecule has 0 saturated heterocycles. The van der Waals surface area contributed by atoms with Crippen LogP contribution in [-0.4, -0.2) is 50.0 Å². The lowest BCUT2D eigenvalue weighted by Gasteiger charge is -2.32. The van der Waals surface area contributed by atoms with Crippen LogP contribution in [0, 0.1) is 0 Å². The third kappa shape index (κ3) is 10.4. The average molecular weight is 683 g/mol. The summed E-state index contributed by atoms with van der Waals surface area (Å²) in [5.41, 5.74) is 0.520. The number of carbonyl (C=O) groups is 2. The fourth-order valence-corrected chi connectivity index (χ4v) is 5.78. The Balaban J connectivity index is 1.89. The molecular weight excluding hydrogens is 647 g/mol. The van der Waals surface area contributed by atoms with Crippen molar-refractivity contribution in [1.29, 1.82) is 0 Å². The Morgan fingerprint density at radius 3 is 2.16 bits per heavy atom. The molecular formula is C31H35BrF3N3O4S. The molecule has 1 unspecified atom stereocenters. The van der Waals surface area contributed by atoms with E-state index in [1.165, 1.54) is 11.0 Å². The predicted octanol–water partition coefficient (Wildman–Crippen LogP) is 6.18. The number of benzene rings is 3. The second kappa shape index (κ2) is 14.9. The average Bonchev–Trinajstić information content (AvgIpc) is 2.93. The maximum Gasteiger partial charge on any atom is 0.416 e. The summed E-state index contributed by atoms with van der Waals surface area (Å²) < 4.78 is 66.7. The minimum absolute atomic E-state index is 0.0167. The first kappa shape index (κ1) is 34.1. The predicted molar refractivity (Wildman–Crippen MR) is 165 cm³/mol. The van der Waals surface area contributed by atoms with E-state index in [-0.39, 0.29) is 55.9 Å². The Labute approximate surface area is 259 Å². The molecule has 3 rings (SSSR count). The highest BCUT2D eigenvalue weighted by Crippen LogP contribution is 2.32. The minimum atomic E-state index is -4.65. The Hall–Kier alpha value is -3.38. The number of hydrogen-bond acceptors (Lipinski definition) is 4. The summed E-state index contributed by atoms with van der Waals surface area (Å²) >= 11 is 3.40. The van der Waals surface area contributed by atoms with E-state index < -0.39 is 27.8 Å². The van der Waals surface area contributed by atoms with Gasteiger partial charge in [0, 0.05) is 36.4 Å². The lowest BCUT2D eigenvalue weighted by Crippen LogP contribution is -2.51. The van der Waals surface area contributed by atoms with Gasteiger partial charge in [-0.3, -0.25) is 13.9 Å². The van der Waals surface area contributed by atoms with Crippen LogP contribution in [0.1, 0.15) is 43.4 Å². The molecule has 0 fully saturated rings. The number of nitrogens with one attached hydrogen (secondary N) is 1. The summed E-state index contributed by atoms with van der Waals surface area (Å²) in [6.07, 6.45) is -3.61. The van der Waals surface area contributed by atoms with Gasteiger partial charge in [0.05, 0.1) is 17.5 Å². The van der Waals surface area contributed by atoms with Gasteiger partial charge in [0.1, 0.15) is 6.04 Å². The van der Waals surface area contributed by atoms with Crippen molar-refractivity contribution in [3.63, 3.8) is 0 Å². The Morgan fingerprint density at radius 1 is 0.930 bits per heavy atom. The summed E-state index contributed by atoms with van der Waals surface area (Å²) in [6, 6.07) is 19.7. The van der Waals surface area contributed by atoms with Crippen LogP contribution >= 0.6 is 15.9 Å². The molecule has 7 nitrogen and oxygen atoms in total. The van der Waals surface area contributed by atoms with Gasteiger partial charge in [-0.15, -0.1) is 0 Å². The molecule has 0 aromatic heterocycles. The molecule has 0 aliphatic carbocycles. The third-order valence-electron chi connectivity index (χ3n) is 6.58. The first-order valence-electron chi connectivity index (χ1n) is 13.7. The topological polar surface area (TPSA) is 86.8 Å². The van der Waals surface area contributed by atoms with Gasteiger partial charge in [0.15, 0.2) is 0 Å². The van der Waals surface area contributed by atoms with Gasteiger partial charge < -0.3 is 10.2 Å². The van der Waals surface area contributed by atoms with Gasteiger partial charge in [-0.05, 0) is 61.7 Å². The monoisotopic (exact) mass is 681 g/mol. The summed E-state index contributed by atoms with van der Waals surface area (Å²) in [5, 5.41) is 2.91. The standard InChI is InChI=1S/C31H35BrF3N3O4S/c1-22(2)36-30(40)28(19-23-9-5-4-6-10-23)37(21-24-14-16-26(32)17-15-24)29(39)13-8-18-38(43(3,41)42)27-12-7-11-25(20-27)31(33,34)35/h4-7,9-12,14-17,20,22,28H,8,13,18-19,21H2,1-3H3,(H,36,40). The number of sulfonamides is 1. The molecule has 1 N–H and O–H groups in total. The van der Waals surface area contributed by atoms with Gasteiger partial charge in [0.2, 0.25) is 21.8 Å². The number of anilines is 1. The lowest BCUT2D eigenvalue weighted by atomic mass is 10.0. The first-order valence-corrected chi connectivity index (χ1v) is 16.3. The van der Waals surface area contributed by atoms with Crippen LogP contribution in [0.2, 0.25) is 0 Å². The van der Waals surface area contributed by atoms with Crippen molar-refractivity contribution in [2.75, 3.05) is 17.1 Å². The van der Waals surface area contributed by atoms with E-state index in [9.17, 15) is 31.2 Å². The molecule has 0 saturated carbocycles. The highest BCUT2D eigenvalue weighted by molar-refractivity contribution is 9.10. The molecule has 2 amide bonds. The second-order valence-electron chi connectivity index (χ2n) is 10.5. The van der Waals surface area contributed by atoms with Crippen LogP contribution in [0.25, 0.3) is 0 Å². The molecule has 43 heavy (non-hydrogen) atoms. The third-order valence-corrected chi connectivity index (χ3v) is 8.30. The zero-order valence-corrected chi connectivity index (χ0v) is 26.5. The van der Waals surface area contributed by atoms with Gasteiger partial charge in [-0.25, -0.2) is 8.42 Å². The van der Waals surface area contributed by atoms with Gasteiger partial charge in [0.25, 0.3) is 0 Å². The van der Waals surface area contributed by atoms with Crippen LogP contribution in [0.3, 0.4) is 0 Å². The molecule has 0 spiro atoms. The normalized spacial score (nSPS) is 12.6. The molecule has 0 bridgehead atoms. The van der Waals surface area contributed by atoms with Gasteiger partial charge in [-0.2, -0.15) is 13.2 Å². The number of nitrogens with zero attached hydrogens (tertiary/aromatic N) is 2. The van der Waals surface area contributed by atoms with E-state index >= 15 is 0 Å². The van der Waals surface area contributed by atoms with Crippen LogP contribution in [0.15, 0.2) is 83.3 Å². The zero-order chi connectivity index (χ0) is 31.8. The van der Waals surface area contributed by atoms with Gasteiger partial charge in [-0.1, -0.05) is 64.5 Å². The van der Waals surface area contributed by atoms with Crippen molar-refractivity contribution in [1.82, 2.24) is 10.2 Å². The maximum atomic E-state index is 13.8. The highest BCUT2D eigenvalue weighted by Gasteiger charge is 2.33. The zero-order valence-electron chi connectivity index (χ0n) is 24.1. The summed E-state index contributed by atoms with van der Waals surface area (Å²) in [7, 11) is -3.96. The van der Waals surface area contributed by atoms with Gasteiger partial charge >= 0.3 is 6.18 Å². The van der Waals surface area contributed by atoms with Crippen molar-refractivity contribution >= 4 is 43.5 Å². The smallest absolute Gasteiger partial charge is 0.352 e. The Kier molecular flexibility index (Phi) is 11.8.